The first-order valence-corrected chi connectivity index (χ1v) is 5.74. The van der Waals surface area contributed by atoms with Crippen molar-refractivity contribution in [1.29, 1.82) is 0 Å². The van der Waals surface area contributed by atoms with Crippen molar-refractivity contribution in [3.05, 3.63) is 0 Å². The SMILES string of the molecule is CC(C)N(CC1CC1)C(=O)NC1CC1. The lowest BCUT2D eigenvalue weighted by Crippen LogP contribution is -2.45. The normalized spacial score (nSPS) is 21.1. The lowest BCUT2D eigenvalue weighted by molar-refractivity contribution is 0.179. The summed E-state index contributed by atoms with van der Waals surface area (Å²) in [6.45, 7) is 5.14. The van der Waals surface area contributed by atoms with E-state index in [4.69, 9.17) is 0 Å². The number of carbonyl (C=O) groups excluding carboxylic acids is 1. The van der Waals surface area contributed by atoms with E-state index in [1.165, 1.54) is 25.7 Å². The van der Waals surface area contributed by atoms with Gasteiger partial charge in [0.2, 0.25) is 0 Å². The van der Waals surface area contributed by atoms with Gasteiger partial charge < -0.3 is 10.2 Å². The van der Waals surface area contributed by atoms with Crippen LogP contribution in [0.15, 0.2) is 0 Å². The van der Waals surface area contributed by atoms with E-state index in [-0.39, 0.29) is 6.03 Å². The van der Waals surface area contributed by atoms with E-state index in [0.717, 1.165) is 12.5 Å². The molecule has 0 aromatic rings. The Labute approximate surface area is 85.8 Å². The maximum Gasteiger partial charge on any atom is 0.317 e. The average molecular weight is 196 g/mol. The topological polar surface area (TPSA) is 32.3 Å². The van der Waals surface area contributed by atoms with Crippen LogP contribution in [0.2, 0.25) is 0 Å². The lowest BCUT2D eigenvalue weighted by atomic mass is 10.3. The Morgan fingerprint density at radius 1 is 1.36 bits per heavy atom. The summed E-state index contributed by atoms with van der Waals surface area (Å²) in [7, 11) is 0. The summed E-state index contributed by atoms with van der Waals surface area (Å²) in [6, 6.07) is 0.951. The molecule has 0 aliphatic heterocycles. The smallest absolute Gasteiger partial charge is 0.317 e. The molecule has 0 spiro atoms. The van der Waals surface area contributed by atoms with Gasteiger partial charge in [-0.2, -0.15) is 0 Å². The van der Waals surface area contributed by atoms with Gasteiger partial charge in [0.05, 0.1) is 0 Å². The van der Waals surface area contributed by atoms with Crippen LogP contribution in [0, 0.1) is 5.92 Å². The summed E-state index contributed by atoms with van der Waals surface area (Å²) in [5.41, 5.74) is 0. The summed E-state index contributed by atoms with van der Waals surface area (Å²) in [5, 5.41) is 3.06. The van der Waals surface area contributed by atoms with Gasteiger partial charge in [0.1, 0.15) is 0 Å². The number of nitrogens with one attached hydrogen (secondary N) is 1. The molecule has 2 aliphatic carbocycles. The van der Waals surface area contributed by atoms with Crippen molar-refractivity contribution in [3.8, 4) is 0 Å². The highest BCUT2D eigenvalue weighted by atomic mass is 16.2. The van der Waals surface area contributed by atoms with Crippen LogP contribution in [0.3, 0.4) is 0 Å². The maximum absolute atomic E-state index is 11.8. The molecule has 3 nitrogen and oxygen atoms in total. The van der Waals surface area contributed by atoms with Gasteiger partial charge in [-0.3, -0.25) is 0 Å². The van der Waals surface area contributed by atoms with Crippen LogP contribution >= 0.6 is 0 Å². The van der Waals surface area contributed by atoms with Gasteiger partial charge in [-0.25, -0.2) is 4.79 Å². The molecular formula is C11H20N2O. The molecule has 0 saturated heterocycles. The second kappa shape index (κ2) is 3.79. The van der Waals surface area contributed by atoms with Crippen molar-refractivity contribution in [1.82, 2.24) is 10.2 Å². The highest BCUT2D eigenvalue weighted by Gasteiger charge is 2.31. The van der Waals surface area contributed by atoms with Crippen LogP contribution in [0.25, 0.3) is 0 Å². The van der Waals surface area contributed by atoms with E-state index in [2.05, 4.69) is 19.2 Å². The molecule has 1 N–H and O–H groups in total. The monoisotopic (exact) mass is 196 g/mol. The zero-order valence-electron chi connectivity index (χ0n) is 9.12. The lowest BCUT2D eigenvalue weighted by Gasteiger charge is -2.27. The zero-order chi connectivity index (χ0) is 10.1. The molecule has 0 heterocycles. The molecule has 2 amide bonds. The summed E-state index contributed by atoms with van der Waals surface area (Å²) < 4.78 is 0. The van der Waals surface area contributed by atoms with Gasteiger partial charge in [-0.15, -0.1) is 0 Å². The molecule has 80 valence electrons. The zero-order valence-corrected chi connectivity index (χ0v) is 9.12. The first-order valence-electron chi connectivity index (χ1n) is 5.74. The van der Waals surface area contributed by atoms with Gasteiger partial charge in [0.25, 0.3) is 0 Å². The standard InChI is InChI=1S/C11H20N2O/c1-8(2)13(7-9-3-4-9)11(14)12-10-5-6-10/h8-10H,3-7H2,1-2H3,(H,12,14). The molecule has 0 unspecified atom stereocenters. The summed E-state index contributed by atoms with van der Waals surface area (Å²) >= 11 is 0. The minimum atomic E-state index is 0.148. The quantitative estimate of drug-likeness (QED) is 0.732. The Kier molecular flexibility index (Phi) is 2.66. The third-order valence-electron chi connectivity index (χ3n) is 2.94. The van der Waals surface area contributed by atoms with Gasteiger partial charge >= 0.3 is 6.03 Å². The first kappa shape index (κ1) is 9.81. The van der Waals surface area contributed by atoms with E-state index in [1.54, 1.807) is 0 Å². The molecule has 0 radical (unpaired) electrons. The Morgan fingerprint density at radius 3 is 2.43 bits per heavy atom. The van der Waals surface area contributed by atoms with Crippen LogP contribution in [0.4, 0.5) is 4.79 Å². The maximum atomic E-state index is 11.8. The number of carbonyl (C=O) groups is 1. The van der Waals surface area contributed by atoms with Crippen LogP contribution in [-0.4, -0.2) is 29.6 Å². The fourth-order valence-electron chi connectivity index (χ4n) is 1.59. The van der Waals surface area contributed by atoms with Crippen LogP contribution in [0.5, 0.6) is 0 Å². The predicted molar refractivity (Wildman–Crippen MR) is 56.1 cm³/mol. The van der Waals surface area contributed by atoms with Gasteiger partial charge in [-0.05, 0) is 45.4 Å². The molecular weight excluding hydrogens is 176 g/mol. The minimum Gasteiger partial charge on any atom is -0.335 e. The van der Waals surface area contributed by atoms with E-state index in [1.807, 2.05) is 4.90 Å². The summed E-state index contributed by atoms with van der Waals surface area (Å²) in [6.07, 6.45) is 4.95. The Bertz CT molecular complexity index is 219. The number of hydrogen-bond acceptors (Lipinski definition) is 1. The van der Waals surface area contributed by atoms with Gasteiger partial charge in [0, 0.05) is 18.6 Å². The first-order chi connectivity index (χ1) is 6.66. The van der Waals surface area contributed by atoms with Gasteiger partial charge in [-0.1, -0.05) is 0 Å². The second-order valence-electron chi connectivity index (χ2n) is 4.91. The van der Waals surface area contributed by atoms with E-state index in [9.17, 15) is 4.79 Å². The van der Waals surface area contributed by atoms with Gasteiger partial charge in [0.15, 0.2) is 0 Å². The number of nitrogens with zero attached hydrogens (tertiary/aromatic N) is 1. The third-order valence-corrected chi connectivity index (χ3v) is 2.94. The molecule has 0 aromatic carbocycles. The van der Waals surface area contributed by atoms with Crippen LogP contribution in [0.1, 0.15) is 39.5 Å². The van der Waals surface area contributed by atoms with E-state index < -0.39 is 0 Å². The number of rotatable bonds is 4. The van der Waals surface area contributed by atoms with Crippen molar-refractivity contribution >= 4 is 6.03 Å². The average Bonchev–Trinajstić information content (AvgIpc) is 2.94. The van der Waals surface area contributed by atoms with Crippen molar-refractivity contribution in [3.63, 3.8) is 0 Å². The van der Waals surface area contributed by atoms with Crippen LogP contribution in [-0.2, 0) is 0 Å². The number of hydrogen-bond donors (Lipinski definition) is 1. The van der Waals surface area contributed by atoms with E-state index in [0.29, 0.717) is 12.1 Å². The van der Waals surface area contributed by atoms with Crippen molar-refractivity contribution in [2.75, 3.05) is 6.54 Å². The predicted octanol–water partition coefficient (Wildman–Crippen LogP) is 1.98. The largest absolute Gasteiger partial charge is 0.335 e. The van der Waals surface area contributed by atoms with E-state index >= 15 is 0 Å². The number of amides is 2. The Balaban J connectivity index is 1.82. The fourth-order valence-corrected chi connectivity index (χ4v) is 1.59. The Hall–Kier alpha value is -0.730. The highest BCUT2D eigenvalue weighted by Crippen LogP contribution is 2.30. The number of urea groups is 1. The molecule has 2 fully saturated rings. The molecule has 14 heavy (non-hydrogen) atoms. The van der Waals surface area contributed by atoms with Crippen molar-refractivity contribution < 1.29 is 4.79 Å². The second-order valence-corrected chi connectivity index (χ2v) is 4.91. The summed E-state index contributed by atoms with van der Waals surface area (Å²) in [4.78, 5) is 13.8. The van der Waals surface area contributed by atoms with Crippen LogP contribution < -0.4 is 5.32 Å². The molecule has 0 atom stereocenters. The molecule has 0 aromatic heterocycles. The minimum absolute atomic E-state index is 0.148. The molecule has 2 rings (SSSR count). The Morgan fingerprint density at radius 2 is 2.00 bits per heavy atom. The molecule has 2 aliphatic rings. The third kappa shape index (κ3) is 2.63. The summed E-state index contributed by atoms with van der Waals surface area (Å²) in [5.74, 6) is 0.780. The fraction of sp³-hybridized carbons (Fsp3) is 0.909. The molecule has 3 heteroatoms. The molecule has 2 saturated carbocycles. The molecule has 0 bridgehead atoms. The van der Waals surface area contributed by atoms with Crippen molar-refractivity contribution in [2.24, 2.45) is 5.92 Å². The van der Waals surface area contributed by atoms with Crippen molar-refractivity contribution in [2.45, 2.75) is 51.6 Å². The highest BCUT2D eigenvalue weighted by molar-refractivity contribution is 5.75.